The minimum absolute atomic E-state index is 0.192. The zero-order chi connectivity index (χ0) is 14.8. The fourth-order valence-electron chi connectivity index (χ4n) is 2.69. The van der Waals surface area contributed by atoms with Crippen LogP contribution in [0.5, 0.6) is 0 Å². The lowest BCUT2D eigenvalue weighted by Gasteiger charge is -2.27. The van der Waals surface area contributed by atoms with E-state index in [0.29, 0.717) is 18.7 Å². The van der Waals surface area contributed by atoms with Crippen LogP contribution >= 0.6 is 0 Å². The Labute approximate surface area is 115 Å². The Bertz CT molecular complexity index is 490. The molecule has 1 fully saturated rings. The Morgan fingerprint density at radius 1 is 1.20 bits per heavy atom. The van der Waals surface area contributed by atoms with Gasteiger partial charge in [-0.1, -0.05) is 12.8 Å². The predicted octanol–water partition coefficient (Wildman–Crippen LogP) is 2.35. The summed E-state index contributed by atoms with van der Waals surface area (Å²) in [7, 11) is 0. The predicted molar refractivity (Wildman–Crippen MR) is 68.6 cm³/mol. The van der Waals surface area contributed by atoms with E-state index >= 15 is 0 Å². The van der Waals surface area contributed by atoms with Crippen molar-refractivity contribution in [1.82, 2.24) is 5.32 Å². The van der Waals surface area contributed by atoms with Crippen LogP contribution in [-0.4, -0.2) is 19.0 Å². The fourth-order valence-corrected chi connectivity index (χ4v) is 2.69. The van der Waals surface area contributed by atoms with Crippen LogP contribution in [0.2, 0.25) is 0 Å². The lowest BCUT2D eigenvalue weighted by Crippen LogP contribution is -2.41. The smallest absolute Gasteiger partial charge is 0.257 e. The average Bonchev–Trinajstić information content (AvgIpc) is 2.84. The van der Waals surface area contributed by atoms with Gasteiger partial charge in [0.15, 0.2) is 0 Å². The summed E-state index contributed by atoms with van der Waals surface area (Å²) in [5.74, 6) is -4.33. The maximum atomic E-state index is 13.5. The van der Waals surface area contributed by atoms with Crippen LogP contribution in [-0.2, 0) is 0 Å². The highest BCUT2D eigenvalue weighted by molar-refractivity contribution is 5.94. The molecule has 3 N–H and O–H groups in total. The van der Waals surface area contributed by atoms with Gasteiger partial charge in [-0.25, -0.2) is 13.2 Å². The SMILES string of the molecule is NCC1(CNC(=O)c2c(F)cc(F)cc2F)CCCC1. The molecule has 0 spiro atoms. The molecule has 0 atom stereocenters. The second kappa shape index (κ2) is 5.83. The van der Waals surface area contributed by atoms with Crippen LogP contribution < -0.4 is 11.1 Å². The van der Waals surface area contributed by atoms with E-state index in [1.165, 1.54) is 0 Å². The summed E-state index contributed by atoms with van der Waals surface area (Å²) in [4.78, 5) is 11.9. The van der Waals surface area contributed by atoms with Gasteiger partial charge >= 0.3 is 0 Å². The number of carbonyl (C=O) groups excluding carboxylic acids is 1. The molecule has 0 radical (unpaired) electrons. The highest BCUT2D eigenvalue weighted by atomic mass is 19.1. The summed E-state index contributed by atoms with van der Waals surface area (Å²) < 4.78 is 39.7. The molecule has 110 valence electrons. The number of carbonyl (C=O) groups is 1. The van der Waals surface area contributed by atoms with E-state index < -0.39 is 28.9 Å². The lowest BCUT2D eigenvalue weighted by molar-refractivity contribution is 0.0923. The molecule has 0 unspecified atom stereocenters. The quantitative estimate of drug-likeness (QED) is 0.892. The fraction of sp³-hybridized carbons (Fsp3) is 0.500. The van der Waals surface area contributed by atoms with Gasteiger partial charge in [-0.05, 0) is 24.8 Å². The zero-order valence-corrected chi connectivity index (χ0v) is 11.0. The van der Waals surface area contributed by atoms with E-state index in [0.717, 1.165) is 25.7 Å². The third-order valence-electron chi connectivity index (χ3n) is 3.96. The Morgan fingerprint density at radius 3 is 2.25 bits per heavy atom. The zero-order valence-electron chi connectivity index (χ0n) is 11.0. The van der Waals surface area contributed by atoms with Crippen LogP contribution in [0.1, 0.15) is 36.0 Å². The summed E-state index contributed by atoms with van der Waals surface area (Å²) in [5.41, 5.74) is 4.78. The highest BCUT2D eigenvalue weighted by Gasteiger charge is 2.33. The van der Waals surface area contributed by atoms with Gasteiger partial charge in [0.2, 0.25) is 0 Å². The molecule has 0 saturated heterocycles. The molecule has 1 saturated carbocycles. The molecule has 1 aliphatic rings. The number of amides is 1. The van der Waals surface area contributed by atoms with E-state index in [2.05, 4.69) is 5.32 Å². The molecular formula is C14H17F3N2O. The third kappa shape index (κ3) is 2.95. The summed E-state index contributed by atoms with van der Waals surface area (Å²) in [6.07, 6.45) is 3.84. The van der Waals surface area contributed by atoms with Crippen molar-refractivity contribution in [3.63, 3.8) is 0 Å². The minimum Gasteiger partial charge on any atom is -0.351 e. The Kier molecular flexibility index (Phi) is 4.32. The summed E-state index contributed by atoms with van der Waals surface area (Å²) in [6, 6.07) is 0.985. The van der Waals surface area contributed by atoms with Crippen molar-refractivity contribution < 1.29 is 18.0 Å². The molecular weight excluding hydrogens is 269 g/mol. The van der Waals surface area contributed by atoms with Crippen molar-refractivity contribution in [2.24, 2.45) is 11.1 Å². The minimum atomic E-state index is -1.20. The Balaban J connectivity index is 2.09. The van der Waals surface area contributed by atoms with E-state index in [9.17, 15) is 18.0 Å². The Morgan fingerprint density at radius 2 is 1.75 bits per heavy atom. The van der Waals surface area contributed by atoms with Crippen LogP contribution in [0.25, 0.3) is 0 Å². The van der Waals surface area contributed by atoms with Gasteiger partial charge in [0.1, 0.15) is 23.0 Å². The highest BCUT2D eigenvalue weighted by Crippen LogP contribution is 2.36. The van der Waals surface area contributed by atoms with E-state index in [-0.39, 0.29) is 12.0 Å². The van der Waals surface area contributed by atoms with Gasteiger partial charge < -0.3 is 11.1 Å². The average molecular weight is 286 g/mol. The van der Waals surface area contributed by atoms with Crippen LogP contribution in [0.4, 0.5) is 13.2 Å². The monoisotopic (exact) mass is 286 g/mol. The van der Waals surface area contributed by atoms with Gasteiger partial charge in [-0.3, -0.25) is 4.79 Å². The van der Waals surface area contributed by atoms with Crippen molar-refractivity contribution in [3.8, 4) is 0 Å². The second-order valence-electron chi connectivity index (χ2n) is 5.34. The number of hydrogen-bond acceptors (Lipinski definition) is 2. The number of nitrogens with one attached hydrogen (secondary N) is 1. The van der Waals surface area contributed by atoms with E-state index in [4.69, 9.17) is 5.73 Å². The van der Waals surface area contributed by atoms with Crippen molar-refractivity contribution in [2.45, 2.75) is 25.7 Å². The number of benzene rings is 1. The van der Waals surface area contributed by atoms with Crippen LogP contribution in [0, 0.1) is 22.9 Å². The molecule has 0 aromatic heterocycles. The largest absolute Gasteiger partial charge is 0.351 e. The molecule has 1 amide bonds. The first-order chi connectivity index (χ1) is 9.47. The van der Waals surface area contributed by atoms with E-state index in [1.54, 1.807) is 0 Å². The molecule has 1 aliphatic carbocycles. The number of halogens is 3. The van der Waals surface area contributed by atoms with Gasteiger partial charge in [0.05, 0.1) is 0 Å². The first-order valence-electron chi connectivity index (χ1n) is 6.60. The van der Waals surface area contributed by atoms with Crippen molar-refractivity contribution in [1.29, 1.82) is 0 Å². The molecule has 0 bridgehead atoms. The topological polar surface area (TPSA) is 55.1 Å². The maximum absolute atomic E-state index is 13.5. The van der Waals surface area contributed by atoms with Crippen molar-refractivity contribution >= 4 is 5.91 Å². The van der Waals surface area contributed by atoms with Crippen molar-refractivity contribution in [2.75, 3.05) is 13.1 Å². The molecule has 6 heteroatoms. The standard InChI is InChI=1S/C14H17F3N2O/c15-9-5-10(16)12(11(17)6-9)13(20)19-8-14(7-18)3-1-2-4-14/h5-6H,1-4,7-8,18H2,(H,19,20). The summed E-state index contributed by atoms with van der Waals surface area (Å²) in [6.45, 7) is 0.695. The number of hydrogen-bond donors (Lipinski definition) is 2. The lowest BCUT2D eigenvalue weighted by atomic mass is 9.86. The normalized spacial score (nSPS) is 17.2. The first-order valence-corrected chi connectivity index (χ1v) is 6.60. The van der Waals surface area contributed by atoms with E-state index in [1.807, 2.05) is 0 Å². The number of rotatable bonds is 4. The van der Waals surface area contributed by atoms with Gasteiger partial charge in [0, 0.05) is 18.7 Å². The third-order valence-corrected chi connectivity index (χ3v) is 3.96. The molecule has 20 heavy (non-hydrogen) atoms. The van der Waals surface area contributed by atoms with Crippen LogP contribution in [0.3, 0.4) is 0 Å². The van der Waals surface area contributed by atoms with Crippen LogP contribution in [0.15, 0.2) is 12.1 Å². The summed E-state index contributed by atoms with van der Waals surface area (Å²) >= 11 is 0. The molecule has 0 heterocycles. The van der Waals surface area contributed by atoms with Gasteiger partial charge in [0.25, 0.3) is 5.91 Å². The molecule has 0 aliphatic heterocycles. The second-order valence-corrected chi connectivity index (χ2v) is 5.34. The molecule has 3 nitrogen and oxygen atoms in total. The molecule has 1 aromatic carbocycles. The summed E-state index contributed by atoms with van der Waals surface area (Å²) in [5, 5.41) is 2.51. The molecule has 1 aromatic rings. The van der Waals surface area contributed by atoms with Gasteiger partial charge in [-0.2, -0.15) is 0 Å². The first kappa shape index (κ1) is 14.8. The van der Waals surface area contributed by atoms with Crippen molar-refractivity contribution in [3.05, 3.63) is 35.1 Å². The van der Waals surface area contributed by atoms with Gasteiger partial charge in [-0.15, -0.1) is 0 Å². The maximum Gasteiger partial charge on any atom is 0.257 e. The molecule has 2 rings (SSSR count). The Hall–Kier alpha value is -1.56. The number of nitrogens with two attached hydrogens (primary N) is 1.